The predicted octanol–water partition coefficient (Wildman–Crippen LogP) is -0.138. The molecule has 108 valence electrons. The van der Waals surface area contributed by atoms with Gasteiger partial charge in [0.25, 0.3) is 5.91 Å². The number of nitrogens with one attached hydrogen (secondary N) is 1. The van der Waals surface area contributed by atoms with Gasteiger partial charge in [-0.3, -0.25) is 4.79 Å². The quantitative estimate of drug-likeness (QED) is 0.788. The molecule has 6 heteroatoms. The maximum absolute atomic E-state index is 12.5. The third kappa shape index (κ3) is 2.32. The summed E-state index contributed by atoms with van der Waals surface area (Å²) in [5.41, 5.74) is 0.538. The first-order valence-electron chi connectivity index (χ1n) is 6.72. The van der Waals surface area contributed by atoms with Crippen LogP contribution in [0.1, 0.15) is 10.4 Å². The summed E-state index contributed by atoms with van der Waals surface area (Å²) >= 11 is 0. The van der Waals surface area contributed by atoms with Crippen LogP contribution in [0.4, 0.5) is 0 Å². The van der Waals surface area contributed by atoms with Crippen LogP contribution >= 0.6 is 0 Å². The second-order valence-corrected chi connectivity index (χ2v) is 5.07. The Labute approximate surface area is 117 Å². The van der Waals surface area contributed by atoms with E-state index < -0.39 is 6.10 Å². The first-order chi connectivity index (χ1) is 9.66. The molecule has 1 aromatic rings. The van der Waals surface area contributed by atoms with Gasteiger partial charge in [0, 0.05) is 25.7 Å². The van der Waals surface area contributed by atoms with E-state index in [1.807, 2.05) is 0 Å². The van der Waals surface area contributed by atoms with Crippen molar-refractivity contribution in [2.75, 3.05) is 33.4 Å². The minimum Gasteiger partial charge on any atom is -0.486 e. The van der Waals surface area contributed by atoms with Crippen LogP contribution < -0.4 is 14.8 Å². The maximum atomic E-state index is 12.5. The van der Waals surface area contributed by atoms with Crippen molar-refractivity contribution in [1.82, 2.24) is 10.2 Å². The van der Waals surface area contributed by atoms with Crippen LogP contribution in [0.5, 0.6) is 11.5 Å². The van der Waals surface area contributed by atoms with Gasteiger partial charge in [-0.2, -0.15) is 0 Å². The molecule has 6 nitrogen and oxygen atoms in total. The molecule has 2 N–H and O–H groups in total. The zero-order valence-corrected chi connectivity index (χ0v) is 11.3. The van der Waals surface area contributed by atoms with Crippen LogP contribution in [0, 0.1) is 0 Å². The average Bonchev–Trinajstić information content (AvgIpc) is 2.91. The van der Waals surface area contributed by atoms with Crippen molar-refractivity contribution in [3.63, 3.8) is 0 Å². The van der Waals surface area contributed by atoms with Crippen molar-refractivity contribution in [1.29, 1.82) is 0 Å². The van der Waals surface area contributed by atoms with Crippen LogP contribution in [0.15, 0.2) is 18.2 Å². The highest BCUT2D eigenvalue weighted by Gasteiger charge is 2.31. The van der Waals surface area contributed by atoms with E-state index in [4.69, 9.17) is 9.47 Å². The highest BCUT2D eigenvalue weighted by molar-refractivity contribution is 5.95. The van der Waals surface area contributed by atoms with E-state index in [0.717, 1.165) is 0 Å². The highest BCUT2D eigenvalue weighted by Crippen LogP contribution is 2.31. The summed E-state index contributed by atoms with van der Waals surface area (Å²) in [5, 5.41) is 12.9. The van der Waals surface area contributed by atoms with E-state index >= 15 is 0 Å². The predicted molar refractivity (Wildman–Crippen MR) is 72.2 cm³/mol. The molecule has 1 aromatic carbocycles. The number of fused-ring (bicyclic) bond motifs is 1. The van der Waals surface area contributed by atoms with Crippen molar-refractivity contribution < 1.29 is 19.4 Å². The summed E-state index contributed by atoms with van der Waals surface area (Å²) in [6, 6.07) is 4.97. The molecule has 1 amide bonds. The third-order valence-corrected chi connectivity index (χ3v) is 3.76. The number of carbonyl (C=O) groups excluding carboxylic acids is 1. The summed E-state index contributed by atoms with van der Waals surface area (Å²) in [5.74, 6) is 1.13. The zero-order chi connectivity index (χ0) is 14.1. The van der Waals surface area contributed by atoms with Gasteiger partial charge in [-0.1, -0.05) is 0 Å². The maximum Gasteiger partial charge on any atom is 0.254 e. The SMILES string of the molecule is CN(C(=O)c1ccc2c(c1)OCCO2)[C@@H]1CNC[C@H]1O. The van der Waals surface area contributed by atoms with Gasteiger partial charge in [-0.25, -0.2) is 0 Å². The molecule has 1 saturated heterocycles. The molecule has 2 aliphatic heterocycles. The lowest BCUT2D eigenvalue weighted by Gasteiger charge is -2.27. The largest absolute Gasteiger partial charge is 0.486 e. The number of nitrogens with zero attached hydrogens (tertiary/aromatic N) is 1. The number of hydrogen-bond acceptors (Lipinski definition) is 5. The molecule has 0 aliphatic carbocycles. The fourth-order valence-corrected chi connectivity index (χ4v) is 2.58. The number of aliphatic hydroxyl groups excluding tert-OH is 1. The Kier molecular flexibility index (Phi) is 3.50. The number of hydrogen-bond donors (Lipinski definition) is 2. The lowest BCUT2D eigenvalue weighted by molar-refractivity contribution is 0.0580. The van der Waals surface area contributed by atoms with Gasteiger partial charge >= 0.3 is 0 Å². The molecule has 0 unspecified atom stereocenters. The van der Waals surface area contributed by atoms with Gasteiger partial charge in [0.05, 0.1) is 12.1 Å². The zero-order valence-electron chi connectivity index (χ0n) is 11.3. The number of carbonyl (C=O) groups is 1. The summed E-state index contributed by atoms with van der Waals surface area (Å²) in [6.07, 6.45) is -0.527. The standard InChI is InChI=1S/C14H18N2O4/c1-16(10-7-15-8-11(10)17)14(18)9-2-3-12-13(6-9)20-5-4-19-12/h2-3,6,10-11,15,17H,4-5,7-8H2,1H3/t10-,11-/m1/s1. The van der Waals surface area contributed by atoms with Crippen LogP contribution in [-0.4, -0.2) is 61.4 Å². The summed E-state index contributed by atoms with van der Waals surface area (Å²) in [6.45, 7) is 2.14. The van der Waals surface area contributed by atoms with Crippen molar-refractivity contribution in [3.05, 3.63) is 23.8 Å². The molecule has 1 fully saturated rings. The van der Waals surface area contributed by atoms with Crippen LogP contribution in [0.25, 0.3) is 0 Å². The molecular weight excluding hydrogens is 260 g/mol. The number of aliphatic hydroxyl groups is 1. The van der Waals surface area contributed by atoms with Gasteiger partial charge < -0.3 is 24.8 Å². The fraction of sp³-hybridized carbons (Fsp3) is 0.500. The number of ether oxygens (including phenoxy) is 2. The van der Waals surface area contributed by atoms with Gasteiger partial charge in [0.1, 0.15) is 13.2 Å². The third-order valence-electron chi connectivity index (χ3n) is 3.76. The number of rotatable bonds is 2. The van der Waals surface area contributed by atoms with E-state index in [-0.39, 0.29) is 11.9 Å². The van der Waals surface area contributed by atoms with E-state index in [1.54, 1.807) is 30.1 Å². The lowest BCUT2D eigenvalue weighted by Crippen LogP contribution is -2.44. The van der Waals surface area contributed by atoms with Gasteiger partial charge in [-0.05, 0) is 18.2 Å². The molecule has 3 rings (SSSR count). The molecule has 2 aliphatic rings. The van der Waals surface area contributed by atoms with Crippen molar-refractivity contribution in [2.45, 2.75) is 12.1 Å². The summed E-state index contributed by atoms with van der Waals surface area (Å²) in [7, 11) is 1.71. The average molecular weight is 278 g/mol. The van der Waals surface area contributed by atoms with E-state index in [2.05, 4.69) is 5.32 Å². The second kappa shape index (κ2) is 5.30. The first kappa shape index (κ1) is 13.2. The lowest BCUT2D eigenvalue weighted by atomic mass is 10.1. The van der Waals surface area contributed by atoms with Gasteiger partial charge in [0.15, 0.2) is 11.5 Å². The number of amides is 1. The molecule has 0 bridgehead atoms. The Morgan fingerprint density at radius 1 is 1.30 bits per heavy atom. The number of likely N-dealkylation sites (N-methyl/N-ethyl adjacent to an activating group) is 1. The Morgan fingerprint density at radius 2 is 2.05 bits per heavy atom. The minimum absolute atomic E-state index is 0.130. The Balaban J connectivity index is 1.79. The van der Waals surface area contributed by atoms with E-state index in [9.17, 15) is 9.90 Å². The molecule has 0 aromatic heterocycles. The van der Waals surface area contributed by atoms with Crippen LogP contribution in [0.3, 0.4) is 0 Å². The molecule has 20 heavy (non-hydrogen) atoms. The van der Waals surface area contributed by atoms with Crippen molar-refractivity contribution >= 4 is 5.91 Å². The molecule has 2 heterocycles. The Bertz CT molecular complexity index is 520. The monoisotopic (exact) mass is 278 g/mol. The normalized spacial score (nSPS) is 24.5. The topological polar surface area (TPSA) is 71.0 Å². The number of benzene rings is 1. The molecule has 0 spiro atoms. The molecule has 0 saturated carbocycles. The second-order valence-electron chi connectivity index (χ2n) is 5.07. The molecule has 0 radical (unpaired) electrons. The smallest absolute Gasteiger partial charge is 0.254 e. The number of β-amino-alcohol motifs (C(OH)–C–C–N with tert-alkyl or cyclic N) is 1. The van der Waals surface area contributed by atoms with Crippen molar-refractivity contribution in [3.8, 4) is 11.5 Å². The fourth-order valence-electron chi connectivity index (χ4n) is 2.58. The van der Waals surface area contributed by atoms with E-state index in [1.165, 1.54) is 0 Å². The molecule has 2 atom stereocenters. The van der Waals surface area contributed by atoms with Gasteiger partial charge in [-0.15, -0.1) is 0 Å². The first-order valence-corrected chi connectivity index (χ1v) is 6.72. The highest BCUT2D eigenvalue weighted by atomic mass is 16.6. The van der Waals surface area contributed by atoms with Crippen molar-refractivity contribution in [2.24, 2.45) is 0 Å². The Morgan fingerprint density at radius 3 is 2.75 bits per heavy atom. The summed E-state index contributed by atoms with van der Waals surface area (Å²) in [4.78, 5) is 14.0. The molecular formula is C14H18N2O4. The van der Waals surface area contributed by atoms with Crippen LogP contribution in [0.2, 0.25) is 0 Å². The van der Waals surface area contributed by atoms with Gasteiger partial charge in [0.2, 0.25) is 0 Å². The van der Waals surface area contributed by atoms with E-state index in [0.29, 0.717) is 43.4 Å². The summed E-state index contributed by atoms with van der Waals surface area (Å²) < 4.78 is 10.9. The van der Waals surface area contributed by atoms with Crippen LogP contribution in [-0.2, 0) is 0 Å². The minimum atomic E-state index is -0.527. The Hall–Kier alpha value is -1.79.